The Morgan fingerprint density at radius 1 is 1.00 bits per heavy atom. The number of nitrogens with one attached hydrogen (secondary N) is 1. The van der Waals surface area contributed by atoms with Crippen molar-refractivity contribution in [2.45, 2.75) is 4.90 Å². The van der Waals surface area contributed by atoms with Crippen molar-refractivity contribution in [2.75, 3.05) is 13.2 Å². The number of carbonyl (C=O) groups is 1. The molecular formula is C17H17NO4S. The van der Waals surface area contributed by atoms with E-state index in [4.69, 9.17) is 5.11 Å². The standard InChI is InChI=1S/C17H17NO4S/c19-12-11-18-17(20)16(13-14-7-3-1-4-8-14)23(21,22)15-9-5-2-6-10-15/h1-10,13,19H,11-12H2,(H,18,20)/b16-13-. The van der Waals surface area contributed by atoms with Crippen LogP contribution in [0, 0.1) is 0 Å². The Morgan fingerprint density at radius 3 is 2.13 bits per heavy atom. The van der Waals surface area contributed by atoms with E-state index in [0.717, 1.165) is 0 Å². The van der Waals surface area contributed by atoms with Crippen LogP contribution >= 0.6 is 0 Å². The maximum atomic E-state index is 12.7. The second kappa shape index (κ2) is 7.71. The van der Waals surface area contributed by atoms with Crippen molar-refractivity contribution < 1.29 is 18.3 Å². The van der Waals surface area contributed by atoms with Gasteiger partial charge in [0.15, 0.2) is 0 Å². The minimum atomic E-state index is -3.96. The summed E-state index contributed by atoms with van der Waals surface area (Å²) in [5.41, 5.74) is 0.598. The Bertz CT molecular complexity index is 784. The first-order chi connectivity index (χ1) is 11.1. The molecule has 0 saturated heterocycles. The molecule has 0 radical (unpaired) electrons. The van der Waals surface area contributed by atoms with Crippen molar-refractivity contribution in [3.05, 3.63) is 71.1 Å². The molecule has 1 amide bonds. The van der Waals surface area contributed by atoms with Crippen molar-refractivity contribution in [2.24, 2.45) is 0 Å². The molecule has 0 atom stereocenters. The lowest BCUT2D eigenvalue weighted by atomic mass is 10.2. The average Bonchev–Trinajstić information content (AvgIpc) is 2.59. The van der Waals surface area contributed by atoms with E-state index >= 15 is 0 Å². The zero-order chi connectivity index (χ0) is 16.7. The number of benzene rings is 2. The Labute approximate surface area is 135 Å². The monoisotopic (exact) mass is 331 g/mol. The molecular weight excluding hydrogens is 314 g/mol. The summed E-state index contributed by atoms with van der Waals surface area (Å²) >= 11 is 0. The number of carbonyl (C=O) groups excluding carboxylic acids is 1. The molecule has 2 aromatic carbocycles. The molecule has 120 valence electrons. The van der Waals surface area contributed by atoms with Gasteiger partial charge in [-0.15, -0.1) is 0 Å². The van der Waals surface area contributed by atoms with Crippen LogP contribution in [0.15, 0.2) is 70.5 Å². The summed E-state index contributed by atoms with van der Waals surface area (Å²) in [5, 5.41) is 11.2. The van der Waals surface area contributed by atoms with Crippen LogP contribution in [0.2, 0.25) is 0 Å². The van der Waals surface area contributed by atoms with Gasteiger partial charge in [-0.25, -0.2) is 8.42 Å². The van der Waals surface area contributed by atoms with Crippen LogP contribution in [0.4, 0.5) is 0 Å². The molecule has 6 heteroatoms. The van der Waals surface area contributed by atoms with Gasteiger partial charge in [0.2, 0.25) is 9.84 Å². The fourth-order valence-electron chi connectivity index (χ4n) is 1.95. The highest BCUT2D eigenvalue weighted by atomic mass is 32.2. The lowest BCUT2D eigenvalue weighted by Gasteiger charge is -2.10. The van der Waals surface area contributed by atoms with Gasteiger partial charge in [-0.05, 0) is 23.8 Å². The number of aliphatic hydroxyl groups is 1. The van der Waals surface area contributed by atoms with Crippen LogP contribution in [0.3, 0.4) is 0 Å². The first-order valence-electron chi connectivity index (χ1n) is 7.01. The molecule has 5 nitrogen and oxygen atoms in total. The molecule has 0 aliphatic carbocycles. The number of hydrogen-bond donors (Lipinski definition) is 2. The number of rotatable bonds is 6. The predicted octanol–water partition coefficient (Wildman–Crippen LogP) is 1.61. The van der Waals surface area contributed by atoms with E-state index in [2.05, 4.69) is 5.32 Å². The van der Waals surface area contributed by atoms with Gasteiger partial charge in [0.1, 0.15) is 4.91 Å². The van der Waals surface area contributed by atoms with Crippen LogP contribution in [0.1, 0.15) is 5.56 Å². The molecule has 2 aromatic rings. The van der Waals surface area contributed by atoms with E-state index in [1.165, 1.54) is 18.2 Å². The Kier molecular flexibility index (Phi) is 5.67. The van der Waals surface area contributed by atoms with E-state index in [1.807, 2.05) is 0 Å². The smallest absolute Gasteiger partial charge is 0.263 e. The molecule has 0 saturated carbocycles. The Balaban J connectivity index is 2.50. The summed E-state index contributed by atoms with van der Waals surface area (Å²) in [5.74, 6) is -0.744. The third-order valence-corrected chi connectivity index (χ3v) is 4.84. The summed E-state index contributed by atoms with van der Waals surface area (Å²) in [6.45, 7) is -0.287. The number of aliphatic hydroxyl groups excluding tert-OH is 1. The van der Waals surface area contributed by atoms with E-state index < -0.39 is 15.7 Å². The van der Waals surface area contributed by atoms with Crippen LogP contribution in [0.5, 0.6) is 0 Å². The van der Waals surface area contributed by atoms with Gasteiger partial charge in [-0.2, -0.15) is 0 Å². The second-order valence-electron chi connectivity index (χ2n) is 4.72. The zero-order valence-corrected chi connectivity index (χ0v) is 13.2. The van der Waals surface area contributed by atoms with Crippen LogP contribution < -0.4 is 5.32 Å². The SMILES string of the molecule is O=C(NCCO)/C(=C/c1ccccc1)S(=O)(=O)c1ccccc1. The van der Waals surface area contributed by atoms with E-state index in [0.29, 0.717) is 5.56 Å². The van der Waals surface area contributed by atoms with Crippen molar-refractivity contribution in [1.29, 1.82) is 0 Å². The molecule has 23 heavy (non-hydrogen) atoms. The summed E-state index contributed by atoms with van der Waals surface area (Å²) in [6.07, 6.45) is 1.33. The highest BCUT2D eigenvalue weighted by Crippen LogP contribution is 2.21. The minimum absolute atomic E-state index is 0.0186. The van der Waals surface area contributed by atoms with Crippen LogP contribution in [0.25, 0.3) is 6.08 Å². The zero-order valence-electron chi connectivity index (χ0n) is 12.3. The quantitative estimate of drug-likeness (QED) is 0.788. The Morgan fingerprint density at radius 2 is 1.57 bits per heavy atom. The normalized spacial score (nSPS) is 12.0. The van der Waals surface area contributed by atoms with Gasteiger partial charge in [-0.3, -0.25) is 4.79 Å². The highest BCUT2D eigenvalue weighted by Gasteiger charge is 2.26. The summed E-state index contributed by atoms with van der Waals surface area (Å²) in [4.78, 5) is 11.9. The molecule has 0 aliphatic rings. The molecule has 2 N–H and O–H groups in total. The van der Waals surface area contributed by atoms with E-state index in [9.17, 15) is 13.2 Å². The number of hydrogen-bond acceptors (Lipinski definition) is 4. The van der Waals surface area contributed by atoms with Gasteiger partial charge < -0.3 is 10.4 Å². The molecule has 0 spiro atoms. The largest absolute Gasteiger partial charge is 0.395 e. The minimum Gasteiger partial charge on any atom is -0.395 e. The topological polar surface area (TPSA) is 83.5 Å². The maximum Gasteiger partial charge on any atom is 0.263 e. The van der Waals surface area contributed by atoms with Crippen molar-refractivity contribution in [3.63, 3.8) is 0 Å². The van der Waals surface area contributed by atoms with Crippen LogP contribution in [-0.2, 0) is 14.6 Å². The molecule has 0 aliphatic heterocycles. The van der Waals surface area contributed by atoms with Gasteiger partial charge in [0.25, 0.3) is 5.91 Å². The molecule has 2 rings (SSSR count). The Hall–Kier alpha value is -2.44. The van der Waals surface area contributed by atoms with Crippen molar-refractivity contribution in [3.8, 4) is 0 Å². The summed E-state index contributed by atoms with van der Waals surface area (Å²) in [7, 11) is -3.96. The number of amides is 1. The molecule has 0 aromatic heterocycles. The van der Waals surface area contributed by atoms with Gasteiger partial charge in [-0.1, -0.05) is 48.5 Å². The summed E-state index contributed by atoms with van der Waals surface area (Å²) < 4.78 is 25.5. The van der Waals surface area contributed by atoms with E-state index in [-0.39, 0.29) is 23.0 Å². The van der Waals surface area contributed by atoms with Crippen molar-refractivity contribution in [1.82, 2.24) is 5.32 Å². The fourth-order valence-corrected chi connectivity index (χ4v) is 3.33. The first kappa shape index (κ1) is 16.9. The second-order valence-corrected chi connectivity index (χ2v) is 6.63. The average molecular weight is 331 g/mol. The fraction of sp³-hybridized carbons (Fsp3) is 0.118. The van der Waals surface area contributed by atoms with Crippen LogP contribution in [-0.4, -0.2) is 32.6 Å². The molecule has 0 fully saturated rings. The van der Waals surface area contributed by atoms with Gasteiger partial charge >= 0.3 is 0 Å². The molecule has 0 unspecified atom stereocenters. The molecule has 0 bridgehead atoms. The third kappa shape index (κ3) is 4.28. The predicted molar refractivity (Wildman–Crippen MR) is 88.1 cm³/mol. The first-order valence-corrected chi connectivity index (χ1v) is 8.50. The lowest BCUT2D eigenvalue weighted by Crippen LogP contribution is -2.30. The lowest BCUT2D eigenvalue weighted by molar-refractivity contribution is -0.116. The van der Waals surface area contributed by atoms with E-state index in [1.54, 1.807) is 48.5 Å². The maximum absolute atomic E-state index is 12.7. The molecule has 0 heterocycles. The van der Waals surface area contributed by atoms with Gasteiger partial charge in [0.05, 0.1) is 11.5 Å². The van der Waals surface area contributed by atoms with Crippen molar-refractivity contribution >= 4 is 21.8 Å². The number of sulfone groups is 1. The van der Waals surface area contributed by atoms with Gasteiger partial charge in [0, 0.05) is 6.54 Å². The highest BCUT2D eigenvalue weighted by molar-refractivity contribution is 7.96. The third-order valence-electron chi connectivity index (χ3n) is 3.06. The summed E-state index contributed by atoms with van der Waals surface area (Å²) in [6, 6.07) is 16.5.